The van der Waals surface area contributed by atoms with E-state index in [1.54, 1.807) is 12.0 Å². The molecule has 31 heavy (non-hydrogen) atoms. The summed E-state index contributed by atoms with van der Waals surface area (Å²) in [5.41, 5.74) is 1.94. The molecule has 0 bridgehead atoms. The maximum absolute atomic E-state index is 13.1. The van der Waals surface area contributed by atoms with Crippen LogP contribution in [0.15, 0.2) is 48.5 Å². The molecule has 4 rings (SSSR count). The normalized spacial score (nSPS) is 19.0. The van der Waals surface area contributed by atoms with E-state index in [0.717, 1.165) is 36.0 Å². The summed E-state index contributed by atoms with van der Waals surface area (Å²) in [5.74, 6) is 1.41. The number of hydrogen-bond acceptors (Lipinski definition) is 5. The molecule has 2 amide bonds. The molecule has 0 aliphatic carbocycles. The molecule has 1 unspecified atom stereocenters. The lowest BCUT2D eigenvalue weighted by Gasteiger charge is -2.37. The molecular weight excluding hydrogens is 394 g/mol. The molecular formula is C24H29N3O4. The Labute approximate surface area is 183 Å². The van der Waals surface area contributed by atoms with Crippen molar-refractivity contribution in [2.45, 2.75) is 13.3 Å². The quantitative estimate of drug-likeness (QED) is 0.715. The highest BCUT2D eigenvalue weighted by molar-refractivity contribution is 6.00. The van der Waals surface area contributed by atoms with Crippen molar-refractivity contribution in [2.24, 2.45) is 5.92 Å². The highest BCUT2D eigenvalue weighted by Gasteiger charge is 2.38. The number of anilines is 2. The van der Waals surface area contributed by atoms with Crippen LogP contribution in [0.4, 0.5) is 11.4 Å². The Morgan fingerprint density at radius 3 is 2.16 bits per heavy atom. The summed E-state index contributed by atoms with van der Waals surface area (Å²) >= 11 is 0. The van der Waals surface area contributed by atoms with Gasteiger partial charge in [-0.05, 0) is 55.5 Å². The molecule has 2 aromatic rings. The fourth-order valence-electron chi connectivity index (χ4n) is 4.25. The van der Waals surface area contributed by atoms with E-state index in [-0.39, 0.29) is 24.2 Å². The van der Waals surface area contributed by atoms with Gasteiger partial charge in [-0.2, -0.15) is 0 Å². The maximum atomic E-state index is 13.1. The lowest BCUT2D eigenvalue weighted by atomic mass is 10.1. The summed E-state index contributed by atoms with van der Waals surface area (Å²) < 4.78 is 10.7. The van der Waals surface area contributed by atoms with E-state index in [1.807, 2.05) is 60.4 Å². The largest absolute Gasteiger partial charge is 0.497 e. The van der Waals surface area contributed by atoms with Crippen LogP contribution in [0.2, 0.25) is 0 Å². The first-order valence-electron chi connectivity index (χ1n) is 10.8. The summed E-state index contributed by atoms with van der Waals surface area (Å²) in [6.07, 6.45) is 0.269. The smallest absolute Gasteiger partial charge is 0.228 e. The van der Waals surface area contributed by atoms with Gasteiger partial charge in [-0.25, -0.2) is 0 Å². The van der Waals surface area contributed by atoms with Gasteiger partial charge in [0.25, 0.3) is 0 Å². The van der Waals surface area contributed by atoms with Crippen molar-refractivity contribution < 1.29 is 19.1 Å². The minimum Gasteiger partial charge on any atom is -0.497 e. The first kappa shape index (κ1) is 21.0. The third-order valence-corrected chi connectivity index (χ3v) is 5.96. The Kier molecular flexibility index (Phi) is 6.30. The number of carbonyl (C=O) groups is 2. The molecule has 2 aliphatic rings. The molecule has 1 atom stereocenters. The Bertz CT molecular complexity index is 905. The Morgan fingerprint density at radius 1 is 0.935 bits per heavy atom. The average Bonchev–Trinajstić information content (AvgIpc) is 3.21. The highest BCUT2D eigenvalue weighted by atomic mass is 16.5. The number of hydrogen-bond donors (Lipinski definition) is 0. The topological polar surface area (TPSA) is 62.3 Å². The molecule has 0 spiro atoms. The number of ether oxygens (including phenoxy) is 2. The molecule has 0 saturated carbocycles. The van der Waals surface area contributed by atoms with Crippen LogP contribution in [0.1, 0.15) is 13.3 Å². The first-order valence-corrected chi connectivity index (χ1v) is 10.8. The predicted octanol–water partition coefficient (Wildman–Crippen LogP) is 2.80. The number of methoxy groups -OCH3 is 1. The number of amides is 2. The molecule has 2 aliphatic heterocycles. The second-order valence-corrected chi connectivity index (χ2v) is 7.84. The zero-order chi connectivity index (χ0) is 21.8. The second-order valence-electron chi connectivity index (χ2n) is 7.84. The number of nitrogens with zero attached hydrogens (tertiary/aromatic N) is 3. The zero-order valence-electron chi connectivity index (χ0n) is 18.1. The van der Waals surface area contributed by atoms with Gasteiger partial charge in [0.2, 0.25) is 11.8 Å². The molecule has 2 heterocycles. The van der Waals surface area contributed by atoms with Gasteiger partial charge in [0.05, 0.1) is 19.6 Å². The SMILES string of the molecule is CCOc1ccc(N2CC(C(=O)N3CCN(c4ccc(OC)cc4)CC3)CC2=O)cc1. The second kappa shape index (κ2) is 9.29. The van der Waals surface area contributed by atoms with Crippen LogP contribution in [-0.2, 0) is 9.59 Å². The minimum atomic E-state index is -0.286. The molecule has 7 heteroatoms. The summed E-state index contributed by atoms with van der Waals surface area (Å²) in [6, 6.07) is 15.5. The maximum Gasteiger partial charge on any atom is 0.228 e. The summed E-state index contributed by atoms with van der Waals surface area (Å²) in [7, 11) is 1.66. The Hall–Kier alpha value is -3.22. The van der Waals surface area contributed by atoms with Gasteiger partial charge in [0, 0.05) is 50.5 Å². The van der Waals surface area contributed by atoms with Gasteiger partial charge in [0.15, 0.2) is 0 Å². The van der Waals surface area contributed by atoms with Crippen LogP contribution in [0, 0.1) is 5.92 Å². The van der Waals surface area contributed by atoms with E-state index in [1.165, 1.54) is 0 Å². The van der Waals surface area contributed by atoms with Crippen LogP contribution in [0.5, 0.6) is 11.5 Å². The van der Waals surface area contributed by atoms with E-state index in [9.17, 15) is 9.59 Å². The zero-order valence-corrected chi connectivity index (χ0v) is 18.1. The van der Waals surface area contributed by atoms with Crippen LogP contribution in [0.25, 0.3) is 0 Å². The molecule has 164 valence electrons. The van der Waals surface area contributed by atoms with Crippen LogP contribution in [0.3, 0.4) is 0 Å². The van der Waals surface area contributed by atoms with E-state index < -0.39 is 0 Å². The molecule has 2 fully saturated rings. The number of rotatable bonds is 6. The van der Waals surface area contributed by atoms with Gasteiger partial charge in [-0.3, -0.25) is 9.59 Å². The average molecular weight is 424 g/mol. The van der Waals surface area contributed by atoms with Crippen molar-refractivity contribution in [1.82, 2.24) is 4.90 Å². The van der Waals surface area contributed by atoms with Crippen LogP contribution < -0.4 is 19.3 Å². The monoisotopic (exact) mass is 423 g/mol. The lowest BCUT2D eigenvalue weighted by molar-refractivity contribution is -0.136. The van der Waals surface area contributed by atoms with E-state index in [4.69, 9.17) is 9.47 Å². The van der Waals surface area contributed by atoms with Crippen molar-refractivity contribution in [3.8, 4) is 11.5 Å². The predicted molar refractivity (Wildman–Crippen MR) is 120 cm³/mol. The molecule has 0 N–H and O–H groups in total. The molecule has 0 aromatic heterocycles. The van der Waals surface area contributed by atoms with Gasteiger partial charge >= 0.3 is 0 Å². The van der Waals surface area contributed by atoms with Gasteiger partial charge < -0.3 is 24.2 Å². The van der Waals surface area contributed by atoms with Gasteiger partial charge in [-0.15, -0.1) is 0 Å². The third kappa shape index (κ3) is 4.60. The third-order valence-electron chi connectivity index (χ3n) is 5.96. The summed E-state index contributed by atoms with van der Waals surface area (Å²) in [5, 5.41) is 0. The lowest BCUT2D eigenvalue weighted by Crippen LogP contribution is -2.50. The van der Waals surface area contributed by atoms with Crippen molar-refractivity contribution in [3.05, 3.63) is 48.5 Å². The van der Waals surface area contributed by atoms with E-state index in [0.29, 0.717) is 26.2 Å². The molecule has 7 nitrogen and oxygen atoms in total. The van der Waals surface area contributed by atoms with Crippen molar-refractivity contribution >= 4 is 23.2 Å². The Morgan fingerprint density at radius 2 is 1.55 bits per heavy atom. The molecule has 2 saturated heterocycles. The van der Waals surface area contributed by atoms with Crippen LogP contribution in [-0.4, -0.2) is 63.2 Å². The van der Waals surface area contributed by atoms with Crippen molar-refractivity contribution in [1.29, 1.82) is 0 Å². The molecule has 0 radical (unpaired) electrons. The van der Waals surface area contributed by atoms with E-state index >= 15 is 0 Å². The van der Waals surface area contributed by atoms with Crippen molar-refractivity contribution in [3.63, 3.8) is 0 Å². The first-order chi connectivity index (χ1) is 15.1. The summed E-state index contributed by atoms with van der Waals surface area (Å²) in [4.78, 5) is 31.5. The number of piperazine rings is 1. The fraction of sp³-hybridized carbons (Fsp3) is 0.417. The number of carbonyl (C=O) groups excluding carboxylic acids is 2. The Balaban J connectivity index is 1.33. The van der Waals surface area contributed by atoms with E-state index in [2.05, 4.69) is 4.90 Å². The standard InChI is InChI=1S/C24H29N3O4/c1-3-31-22-10-6-20(7-11-22)27-17-18(16-23(27)28)24(29)26-14-12-25(13-15-26)19-4-8-21(30-2)9-5-19/h4-11,18H,3,12-17H2,1-2H3. The fourth-order valence-corrected chi connectivity index (χ4v) is 4.25. The molecule has 2 aromatic carbocycles. The van der Waals surface area contributed by atoms with Crippen molar-refractivity contribution in [2.75, 3.05) is 56.2 Å². The summed E-state index contributed by atoms with van der Waals surface area (Å²) in [6.45, 7) is 5.86. The van der Waals surface area contributed by atoms with Gasteiger partial charge in [-0.1, -0.05) is 0 Å². The number of benzene rings is 2. The van der Waals surface area contributed by atoms with Gasteiger partial charge in [0.1, 0.15) is 11.5 Å². The highest BCUT2D eigenvalue weighted by Crippen LogP contribution is 2.28. The van der Waals surface area contributed by atoms with Crippen LogP contribution >= 0.6 is 0 Å². The minimum absolute atomic E-state index is 0.000575.